The lowest BCUT2D eigenvalue weighted by Gasteiger charge is -2.11. The van der Waals surface area contributed by atoms with Gasteiger partial charge < -0.3 is 14.6 Å². The molecule has 0 saturated heterocycles. The summed E-state index contributed by atoms with van der Waals surface area (Å²) in [5.41, 5.74) is 0.665. The van der Waals surface area contributed by atoms with Crippen molar-refractivity contribution in [2.24, 2.45) is 0 Å². The van der Waals surface area contributed by atoms with Gasteiger partial charge >= 0.3 is 0 Å². The Morgan fingerprint density at radius 2 is 1.85 bits per heavy atom. The number of halogens is 2. The number of ether oxygens (including phenoxy) is 2. The minimum atomic E-state index is -0.461. The van der Waals surface area contributed by atoms with Gasteiger partial charge in [0.2, 0.25) is 0 Å². The van der Waals surface area contributed by atoms with Gasteiger partial charge in [0, 0.05) is 17.2 Å². The van der Waals surface area contributed by atoms with Crippen LogP contribution in [0.25, 0.3) is 0 Å². The second-order valence-electron chi connectivity index (χ2n) is 4.16. The van der Waals surface area contributed by atoms with Crippen LogP contribution >= 0.6 is 0 Å². The van der Waals surface area contributed by atoms with Crippen LogP contribution in [0.2, 0.25) is 0 Å². The molecule has 5 heteroatoms. The van der Waals surface area contributed by atoms with Crippen LogP contribution in [-0.4, -0.2) is 12.2 Å². The fourth-order valence-corrected chi connectivity index (χ4v) is 1.74. The van der Waals surface area contributed by atoms with Crippen molar-refractivity contribution in [3.8, 4) is 11.5 Å². The average molecular weight is 280 g/mol. The largest absolute Gasteiger partial charge is 0.497 e. The number of aliphatic hydroxyl groups excluding tert-OH is 1. The molecule has 0 aromatic heterocycles. The minimum Gasteiger partial charge on any atom is -0.497 e. The number of hydrogen-bond donors (Lipinski definition) is 1. The summed E-state index contributed by atoms with van der Waals surface area (Å²) in [5.74, 6) is -0.165. The molecular weight excluding hydrogens is 266 g/mol. The highest BCUT2D eigenvalue weighted by atomic mass is 19.1. The van der Waals surface area contributed by atoms with E-state index in [1.807, 2.05) is 0 Å². The summed E-state index contributed by atoms with van der Waals surface area (Å²) in [5, 5.41) is 9.13. The van der Waals surface area contributed by atoms with Gasteiger partial charge in [-0.15, -0.1) is 0 Å². The molecule has 0 heterocycles. The van der Waals surface area contributed by atoms with Crippen molar-refractivity contribution in [3.05, 3.63) is 59.2 Å². The molecule has 3 nitrogen and oxygen atoms in total. The fourth-order valence-electron chi connectivity index (χ4n) is 1.74. The highest BCUT2D eigenvalue weighted by Crippen LogP contribution is 2.22. The predicted octanol–water partition coefficient (Wildman–Crippen LogP) is 3.04. The van der Waals surface area contributed by atoms with Gasteiger partial charge in [-0.3, -0.25) is 0 Å². The summed E-state index contributed by atoms with van der Waals surface area (Å²) in [7, 11) is 1.46. The van der Waals surface area contributed by atoms with E-state index in [0.717, 1.165) is 0 Å². The molecule has 0 unspecified atom stereocenters. The Balaban J connectivity index is 2.12. The maximum Gasteiger partial charge on any atom is 0.133 e. The molecule has 2 aromatic rings. The van der Waals surface area contributed by atoms with E-state index < -0.39 is 11.6 Å². The lowest BCUT2D eigenvalue weighted by atomic mass is 10.2. The second kappa shape index (κ2) is 6.34. The van der Waals surface area contributed by atoms with Gasteiger partial charge in [0.25, 0.3) is 0 Å². The van der Waals surface area contributed by atoms with E-state index in [-0.39, 0.29) is 13.2 Å². The topological polar surface area (TPSA) is 38.7 Å². The molecule has 106 valence electrons. The van der Waals surface area contributed by atoms with Crippen molar-refractivity contribution in [3.63, 3.8) is 0 Å². The fraction of sp³-hybridized carbons (Fsp3) is 0.200. The van der Waals surface area contributed by atoms with Gasteiger partial charge in [0.05, 0.1) is 13.7 Å². The summed E-state index contributed by atoms with van der Waals surface area (Å²) in [6.45, 7) is -0.368. The molecular formula is C15H14F2O3. The van der Waals surface area contributed by atoms with Gasteiger partial charge in [-0.05, 0) is 30.3 Å². The number of methoxy groups -OCH3 is 1. The summed E-state index contributed by atoms with van der Waals surface area (Å²) < 4.78 is 37.0. The maximum atomic E-state index is 13.7. The van der Waals surface area contributed by atoms with E-state index in [1.165, 1.54) is 31.4 Å². The average Bonchev–Trinajstić information content (AvgIpc) is 2.46. The molecule has 0 aliphatic carbocycles. The van der Waals surface area contributed by atoms with E-state index in [1.54, 1.807) is 12.1 Å². The van der Waals surface area contributed by atoms with Crippen LogP contribution in [0, 0.1) is 11.6 Å². The standard InChI is InChI=1S/C15H14F2O3/c1-19-13-4-2-10(14(17)7-13)9-20-15-5-3-12(16)6-11(15)8-18/h2-7,18H,8-9H2,1H3. The van der Waals surface area contributed by atoms with Crippen molar-refractivity contribution >= 4 is 0 Å². The zero-order valence-corrected chi connectivity index (χ0v) is 10.9. The molecule has 2 rings (SSSR count). The highest BCUT2D eigenvalue weighted by Gasteiger charge is 2.08. The minimum absolute atomic E-state index is 0.0194. The summed E-state index contributed by atoms with van der Waals surface area (Å²) in [4.78, 5) is 0. The van der Waals surface area contributed by atoms with E-state index in [0.29, 0.717) is 22.6 Å². The van der Waals surface area contributed by atoms with E-state index >= 15 is 0 Å². The lowest BCUT2D eigenvalue weighted by molar-refractivity contribution is 0.256. The van der Waals surface area contributed by atoms with Crippen LogP contribution in [0.4, 0.5) is 8.78 Å². The van der Waals surface area contributed by atoms with Crippen molar-refractivity contribution < 1.29 is 23.4 Å². The van der Waals surface area contributed by atoms with Crippen LogP contribution in [0.15, 0.2) is 36.4 Å². The summed E-state index contributed by atoms with van der Waals surface area (Å²) >= 11 is 0. The number of hydrogen-bond acceptors (Lipinski definition) is 3. The molecule has 0 aliphatic rings. The van der Waals surface area contributed by atoms with Crippen LogP contribution in [-0.2, 0) is 13.2 Å². The van der Waals surface area contributed by atoms with Crippen molar-refractivity contribution in [1.82, 2.24) is 0 Å². The van der Waals surface area contributed by atoms with E-state index in [4.69, 9.17) is 14.6 Å². The third kappa shape index (κ3) is 3.24. The lowest BCUT2D eigenvalue weighted by Crippen LogP contribution is -2.01. The van der Waals surface area contributed by atoms with Gasteiger partial charge in [-0.1, -0.05) is 0 Å². The molecule has 0 radical (unpaired) electrons. The normalized spacial score (nSPS) is 10.4. The molecule has 0 bridgehead atoms. The first-order valence-corrected chi connectivity index (χ1v) is 5.98. The molecule has 0 amide bonds. The Labute approximate surface area is 115 Å². The molecule has 0 fully saturated rings. The first-order valence-electron chi connectivity index (χ1n) is 5.98. The second-order valence-corrected chi connectivity index (χ2v) is 4.16. The number of rotatable bonds is 5. The quantitative estimate of drug-likeness (QED) is 0.915. The van der Waals surface area contributed by atoms with Crippen LogP contribution in [0.3, 0.4) is 0 Å². The zero-order chi connectivity index (χ0) is 14.5. The molecule has 2 aromatic carbocycles. The summed E-state index contributed by atoms with van der Waals surface area (Å²) in [6, 6.07) is 8.24. The molecule has 0 spiro atoms. The molecule has 1 N–H and O–H groups in total. The number of aliphatic hydroxyl groups is 1. The smallest absolute Gasteiger partial charge is 0.133 e. The highest BCUT2D eigenvalue weighted by molar-refractivity contribution is 5.34. The van der Waals surface area contributed by atoms with Crippen molar-refractivity contribution in [1.29, 1.82) is 0 Å². The third-order valence-electron chi connectivity index (χ3n) is 2.84. The Morgan fingerprint density at radius 3 is 2.50 bits per heavy atom. The van der Waals surface area contributed by atoms with Crippen LogP contribution in [0.1, 0.15) is 11.1 Å². The van der Waals surface area contributed by atoms with Gasteiger partial charge in [-0.2, -0.15) is 0 Å². The van der Waals surface area contributed by atoms with Gasteiger partial charge in [-0.25, -0.2) is 8.78 Å². The first kappa shape index (κ1) is 14.3. The van der Waals surface area contributed by atoms with E-state index in [9.17, 15) is 8.78 Å². The van der Waals surface area contributed by atoms with E-state index in [2.05, 4.69) is 0 Å². The number of benzene rings is 2. The zero-order valence-electron chi connectivity index (χ0n) is 10.9. The van der Waals surface area contributed by atoms with Crippen LogP contribution in [0.5, 0.6) is 11.5 Å². The van der Waals surface area contributed by atoms with Crippen LogP contribution < -0.4 is 9.47 Å². The molecule has 0 atom stereocenters. The van der Waals surface area contributed by atoms with Crippen molar-refractivity contribution in [2.45, 2.75) is 13.2 Å². The predicted molar refractivity (Wildman–Crippen MR) is 69.6 cm³/mol. The summed E-state index contributed by atoms with van der Waals surface area (Å²) in [6.07, 6.45) is 0. The molecule has 0 aliphatic heterocycles. The Bertz CT molecular complexity index is 600. The Kier molecular flexibility index (Phi) is 4.53. The SMILES string of the molecule is COc1ccc(COc2ccc(F)cc2CO)c(F)c1. The molecule has 0 saturated carbocycles. The molecule has 20 heavy (non-hydrogen) atoms. The van der Waals surface area contributed by atoms with Gasteiger partial charge in [0.1, 0.15) is 29.7 Å². The Morgan fingerprint density at radius 1 is 1.05 bits per heavy atom. The maximum absolute atomic E-state index is 13.7. The Hall–Kier alpha value is -2.14. The van der Waals surface area contributed by atoms with Crippen molar-refractivity contribution in [2.75, 3.05) is 7.11 Å². The first-order chi connectivity index (χ1) is 9.63. The monoisotopic (exact) mass is 280 g/mol. The third-order valence-corrected chi connectivity index (χ3v) is 2.84. The van der Waals surface area contributed by atoms with Gasteiger partial charge in [0.15, 0.2) is 0 Å².